The lowest BCUT2D eigenvalue weighted by Crippen LogP contribution is -2.48. The quantitative estimate of drug-likeness (QED) is 0.757. The van der Waals surface area contributed by atoms with Gasteiger partial charge in [-0.05, 0) is 18.9 Å². The molecule has 0 aromatic heterocycles. The molecule has 1 atom stereocenters. The molecule has 25 heavy (non-hydrogen) atoms. The number of benzene rings is 1. The topological polar surface area (TPSA) is 62.8 Å². The Bertz CT molecular complexity index is 536. The first-order chi connectivity index (χ1) is 12.1. The fraction of sp³-hybridized carbons (Fsp3) is 0.632. The zero-order valence-electron chi connectivity index (χ0n) is 15.6. The standard InChI is InChI=1S/C19H31N3O3/c1-4-24-14-16-7-5-6-8-18(16)21-19(23)20-11-17-13-22(9-10-25-17)12-15(2)3/h5-8,15,17H,4,9-14H2,1-3H3,(H2,20,21,23). The van der Waals surface area contributed by atoms with E-state index in [9.17, 15) is 4.79 Å². The van der Waals surface area contributed by atoms with Gasteiger partial charge in [0.15, 0.2) is 0 Å². The number of nitrogens with one attached hydrogen (secondary N) is 2. The Hall–Kier alpha value is -1.63. The number of morpholine rings is 1. The summed E-state index contributed by atoms with van der Waals surface area (Å²) in [7, 11) is 0. The average Bonchev–Trinajstić information content (AvgIpc) is 2.59. The first kappa shape index (κ1) is 19.7. The SMILES string of the molecule is CCOCc1ccccc1NC(=O)NCC1CN(CC(C)C)CCO1. The van der Waals surface area contributed by atoms with Crippen LogP contribution in [0.3, 0.4) is 0 Å². The van der Waals surface area contributed by atoms with Crippen molar-refractivity contribution < 1.29 is 14.3 Å². The van der Waals surface area contributed by atoms with Crippen LogP contribution in [0, 0.1) is 5.92 Å². The summed E-state index contributed by atoms with van der Waals surface area (Å²) in [5, 5.41) is 5.82. The number of hydrogen-bond donors (Lipinski definition) is 2. The Kier molecular flexibility index (Phi) is 8.18. The molecular weight excluding hydrogens is 318 g/mol. The molecular formula is C19H31N3O3. The molecule has 2 amide bonds. The van der Waals surface area contributed by atoms with E-state index in [4.69, 9.17) is 9.47 Å². The molecule has 6 heteroatoms. The van der Waals surface area contributed by atoms with Crippen LogP contribution in [0.5, 0.6) is 0 Å². The lowest BCUT2D eigenvalue weighted by atomic mass is 10.2. The maximum absolute atomic E-state index is 12.2. The highest BCUT2D eigenvalue weighted by molar-refractivity contribution is 5.90. The minimum atomic E-state index is -0.214. The van der Waals surface area contributed by atoms with Gasteiger partial charge in [0, 0.05) is 44.0 Å². The van der Waals surface area contributed by atoms with Crippen molar-refractivity contribution in [2.24, 2.45) is 5.92 Å². The number of anilines is 1. The van der Waals surface area contributed by atoms with Crippen LogP contribution >= 0.6 is 0 Å². The van der Waals surface area contributed by atoms with E-state index in [1.54, 1.807) is 0 Å². The van der Waals surface area contributed by atoms with Gasteiger partial charge in [-0.3, -0.25) is 4.90 Å². The predicted octanol–water partition coefficient (Wildman–Crippen LogP) is 2.70. The first-order valence-electron chi connectivity index (χ1n) is 9.13. The summed E-state index contributed by atoms with van der Waals surface area (Å²) in [5.74, 6) is 0.636. The molecule has 1 aromatic rings. The number of amides is 2. The zero-order chi connectivity index (χ0) is 18.1. The van der Waals surface area contributed by atoms with Gasteiger partial charge in [0.2, 0.25) is 0 Å². The van der Waals surface area contributed by atoms with E-state index in [1.165, 1.54) is 0 Å². The number of ether oxygens (including phenoxy) is 2. The average molecular weight is 349 g/mol. The highest BCUT2D eigenvalue weighted by Crippen LogP contribution is 2.16. The van der Waals surface area contributed by atoms with E-state index < -0.39 is 0 Å². The Morgan fingerprint density at radius 1 is 1.40 bits per heavy atom. The third kappa shape index (κ3) is 7.02. The molecule has 1 aromatic carbocycles. The fourth-order valence-corrected chi connectivity index (χ4v) is 2.94. The molecule has 0 aliphatic carbocycles. The van der Waals surface area contributed by atoms with E-state index in [1.807, 2.05) is 31.2 Å². The molecule has 6 nitrogen and oxygen atoms in total. The lowest BCUT2D eigenvalue weighted by molar-refractivity contribution is -0.0288. The van der Waals surface area contributed by atoms with Gasteiger partial charge in [0.1, 0.15) is 0 Å². The number of rotatable bonds is 8. The van der Waals surface area contributed by atoms with Crippen LogP contribution in [0.2, 0.25) is 0 Å². The number of para-hydroxylation sites is 1. The zero-order valence-corrected chi connectivity index (χ0v) is 15.6. The molecule has 140 valence electrons. The van der Waals surface area contributed by atoms with E-state index in [2.05, 4.69) is 29.4 Å². The maximum atomic E-state index is 12.2. The number of urea groups is 1. The molecule has 0 saturated carbocycles. The molecule has 1 heterocycles. The van der Waals surface area contributed by atoms with Crippen molar-refractivity contribution in [3.63, 3.8) is 0 Å². The monoisotopic (exact) mass is 349 g/mol. The third-order valence-corrected chi connectivity index (χ3v) is 4.06. The summed E-state index contributed by atoms with van der Waals surface area (Å²) in [6, 6.07) is 7.47. The van der Waals surface area contributed by atoms with Crippen molar-refractivity contribution in [1.82, 2.24) is 10.2 Å². The third-order valence-electron chi connectivity index (χ3n) is 4.06. The highest BCUT2D eigenvalue weighted by Gasteiger charge is 2.21. The van der Waals surface area contributed by atoms with Crippen LogP contribution in [0.4, 0.5) is 10.5 Å². The summed E-state index contributed by atoms with van der Waals surface area (Å²) in [5.41, 5.74) is 1.75. The molecule has 1 aliphatic heterocycles. The molecule has 1 saturated heterocycles. The molecule has 1 unspecified atom stereocenters. The number of nitrogens with zero attached hydrogens (tertiary/aromatic N) is 1. The van der Waals surface area contributed by atoms with Crippen LogP contribution in [-0.2, 0) is 16.1 Å². The molecule has 2 N–H and O–H groups in total. The summed E-state index contributed by atoms with van der Waals surface area (Å²) in [4.78, 5) is 14.6. The van der Waals surface area contributed by atoms with Gasteiger partial charge >= 0.3 is 6.03 Å². The second-order valence-electron chi connectivity index (χ2n) is 6.78. The van der Waals surface area contributed by atoms with E-state index in [0.29, 0.717) is 25.7 Å². The van der Waals surface area contributed by atoms with Crippen molar-refractivity contribution in [2.75, 3.05) is 44.7 Å². The van der Waals surface area contributed by atoms with E-state index in [0.717, 1.165) is 37.5 Å². The number of carbonyl (C=O) groups excluding carboxylic acids is 1. The summed E-state index contributed by atoms with van der Waals surface area (Å²) < 4.78 is 11.2. The maximum Gasteiger partial charge on any atom is 0.319 e. The lowest BCUT2D eigenvalue weighted by Gasteiger charge is -2.33. The van der Waals surface area contributed by atoms with Gasteiger partial charge in [-0.25, -0.2) is 4.79 Å². The first-order valence-corrected chi connectivity index (χ1v) is 9.13. The molecule has 1 fully saturated rings. The van der Waals surface area contributed by atoms with Crippen LogP contribution in [0.1, 0.15) is 26.3 Å². The van der Waals surface area contributed by atoms with Crippen LogP contribution in [0.15, 0.2) is 24.3 Å². The molecule has 0 radical (unpaired) electrons. The van der Waals surface area contributed by atoms with E-state index >= 15 is 0 Å². The Labute approximate surface area is 150 Å². The highest BCUT2D eigenvalue weighted by atomic mass is 16.5. The molecule has 2 rings (SSSR count). The molecule has 1 aliphatic rings. The van der Waals surface area contributed by atoms with Crippen molar-refractivity contribution in [3.05, 3.63) is 29.8 Å². The predicted molar refractivity (Wildman–Crippen MR) is 99.8 cm³/mol. The second-order valence-corrected chi connectivity index (χ2v) is 6.78. The minimum absolute atomic E-state index is 0.0388. The fourth-order valence-electron chi connectivity index (χ4n) is 2.94. The number of hydrogen-bond acceptors (Lipinski definition) is 4. The molecule has 0 bridgehead atoms. The molecule has 0 spiro atoms. The largest absolute Gasteiger partial charge is 0.377 e. The smallest absolute Gasteiger partial charge is 0.319 e. The van der Waals surface area contributed by atoms with Gasteiger partial charge in [-0.2, -0.15) is 0 Å². The van der Waals surface area contributed by atoms with Gasteiger partial charge in [0.05, 0.1) is 19.3 Å². The number of carbonyl (C=O) groups is 1. The Balaban J connectivity index is 1.79. The minimum Gasteiger partial charge on any atom is -0.377 e. The van der Waals surface area contributed by atoms with Crippen molar-refractivity contribution in [2.45, 2.75) is 33.5 Å². The normalized spacial score (nSPS) is 18.3. The van der Waals surface area contributed by atoms with Crippen molar-refractivity contribution in [3.8, 4) is 0 Å². The Morgan fingerprint density at radius 2 is 2.20 bits per heavy atom. The van der Waals surface area contributed by atoms with Crippen LogP contribution < -0.4 is 10.6 Å². The van der Waals surface area contributed by atoms with Gasteiger partial charge in [-0.15, -0.1) is 0 Å². The van der Waals surface area contributed by atoms with Crippen LogP contribution in [0.25, 0.3) is 0 Å². The van der Waals surface area contributed by atoms with Gasteiger partial charge in [0.25, 0.3) is 0 Å². The van der Waals surface area contributed by atoms with Gasteiger partial charge < -0.3 is 20.1 Å². The van der Waals surface area contributed by atoms with Crippen LogP contribution in [-0.4, -0.2) is 56.4 Å². The second kappa shape index (κ2) is 10.4. The Morgan fingerprint density at radius 3 is 2.96 bits per heavy atom. The van der Waals surface area contributed by atoms with E-state index in [-0.39, 0.29) is 12.1 Å². The summed E-state index contributed by atoms with van der Waals surface area (Å²) in [6.07, 6.45) is 0.0388. The van der Waals surface area contributed by atoms with Gasteiger partial charge in [-0.1, -0.05) is 32.0 Å². The summed E-state index contributed by atoms with van der Waals surface area (Å²) in [6.45, 7) is 11.6. The van der Waals surface area contributed by atoms with Crippen molar-refractivity contribution in [1.29, 1.82) is 0 Å². The summed E-state index contributed by atoms with van der Waals surface area (Å²) >= 11 is 0. The van der Waals surface area contributed by atoms with Crippen molar-refractivity contribution >= 4 is 11.7 Å².